The monoisotopic (exact) mass is 248 g/mol. The average molecular weight is 248 g/mol. The highest BCUT2D eigenvalue weighted by atomic mass is 14.7. The maximum absolute atomic E-state index is 2.53. The second kappa shape index (κ2) is 3.55. The predicted octanol–water partition coefficient (Wildman–Crippen LogP) is 5.52. The molecule has 0 aromatic carbocycles. The summed E-state index contributed by atoms with van der Waals surface area (Å²) in [6.45, 7) is 15.1. The first-order chi connectivity index (χ1) is 8.13. The van der Waals surface area contributed by atoms with Crippen molar-refractivity contribution in [3.63, 3.8) is 0 Å². The van der Waals surface area contributed by atoms with Crippen LogP contribution in [0.1, 0.15) is 73.6 Å². The van der Waals surface area contributed by atoms with Gasteiger partial charge in [-0.25, -0.2) is 0 Å². The maximum Gasteiger partial charge on any atom is -0.0208 e. The largest absolute Gasteiger partial charge is 0.0599 e. The Kier molecular flexibility index (Phi) is 2.57. The lowest BCUT2D eigenvalue weighted by atomic mass is 9.36. The smallest absolute Gasteiger partial charge is 0.0208 e. The van der Waals surface area contributed by atoms with Gasteiger partial charge in [0.1, 0.15) is 0 Å². The second-order valence-corrected chi connectivity index (χ2v) is 9.86. The van der Waals surface area contributed by atoms with Gasteiger partial charge in [-0.05, 0) is 72.0 Å². The van der Waals surface area contributed by atoms with Gasteiger partial charge in [-0.2, -0.15) is 0 Å². The highest BCUT2D eigenvalue weighted by Crippen LogP contribution is 2.71. The molecule has 4 aliphatic carbocycles. The Bertz CT molecular complexity index is 324. The van der Waals surface area contributed by atoms with Crippen molar-refractivity contribution in [3.8, 4) is 0 Å². The highest BCUT2D eigenvalue weighted by Gasteiger charge is 2.63. The Balaban J connectivity index is 2.07. The fourth-order valence-electron chi connectivity index (χ4n) is 6.66. The molecule has 0 heterocycles. The Morgan fingerprint density at radius 2 is 1.28 bits per heavy atom. The van der Waals surface area contributed by atoms with Crippen LogP contribution in [-0.2, 0) is 0 Å². The molecule has 0 aromatic rings. The van der Waals surface area contributed by atoms with Crippen LogP contribution in [-0.4, -0.2) is 0 Å². The predicted molar refractivity (Wildman–Crippen MR) is 78.4 cm³/mol. The molecule has 0 aliphatic heterocycles. The summed E-state index contributed by atoms with van der Waals surface area (Å²) in [6, 6.07) is 0. The lowest BCUT2D eigenvalue weighted by Gasteiger charge is -2.69. The molecular weight excluding hydrogens is 216 g/mol. The summed E-state index contributed by atoms with van der Waals surface area (Å²) >= 11 is 0. The van der Waals surface area contributed by atoms with Crippen molar-refractivity contribution in [1.29, 1.82) is 0 Å². The molecule has 0 saturated heterocycles. The van der Waals surface area contributed by atoms with E-state index in [1.807, 2.05) is 0 Å². The van der Waals surface area contributed by atoms with Gasteiger partial charge in [-0.1, -0.05) is 41.5 Å². The van der Waals surface area contributed by atoms with E-state index in [0.29, 0.717) is 16.2 Å². The van der Waals surface area contributed by atoms with Crippen LogP contribution in [0.5, 0.6) is 0 Å². The van der Waals surface area contributed by atoms with Crippen LogP contribution >= 0.6 is 0 Å². The first-order valence-corrected chi connectivity index (χ1v) is 8.13. The van der Waals surface area contributed by atoms with Crippen molar-refractivity contribution in [3.05, 3.63) is 0 Å². The maximum atomic E-state index is 2.53. The molecule has 4 aliphatic rings. The molecule has 18 heavy (non-hydrogen) atoms. The lowest BCUT2D eigenvalue weighted by molar-refractivity contribution is -0.196. The normalized spacial score (nSPS) is 47.7. The van der Waals surface area contributed by atoms with E-state index in [0.717, 1.165) is 23.7 Å². The molecule has 4 saturated carbocycles. The van der Waals surface area contributed by atoms with Crippen LogP contribution in [0.3, 0.4) is 0 Å². The molecule has 3 atom stereocenters. The van der Waals surface area contributed by atoms with Crippen molar-refractivity contribution < 1.29 is 0 Å². The third kappa shape index (κ3) is 1.63. The van der Waals surface area contributed by atoms with E-state index in [1.165, 1.54) is 12.8 Å². The molecule has 0 spiro atoms. The molecule has 0 heteroatoms. The third-order valence-electron chi connectivity index (χ3n) is 6.74. The fourth-order valence-corrected chi connectivity index (χ4v) is 6.66. The summed E-state index contributed by atoms with van der Waals surface area (Å²) in [4.78, 5) is 0. The first kappa shape index (κ1) is 13.0. The SMILES string of the molecule is CC(C)(C)C1C2CC3CC(C2)CC1(C(C)(C)C)C3. The number of hydrogen-bond donors (Lipinski definition) is 0. The summed E-state index contributed by atoms with van der Waals surface area (Å²) in [6.07, 6.45) is 7.73. The topological polar surface area (TPSA) is 0 Å². The summed E-state index contributed by atoms with van der Waals surface area (Å²) < 4.78 is 0. The van der Waals surface area contributed by atoms with Crippen LogP contribution in [0, 0.1) is 39.9 Å². The van der Waals surface area contributed by atoms with E-state index in [2.05, 4.69) is 41.5 Å². The fraction of sp³-hybridized carbons (Fsp3) is 1.00. The lowest BCUT2D eigenvalue weighted by Crippen LogP contribution is -2.61. The van der Waals surface area contributed by atoms with Crippen molar-refractivity contribution in [2.45, 2.75) is 73.6 Å². The van der Waals surface area contributed by atoms with E-state index < -0.39 is 0 Å². The zero-order chi connectivity index (χ0) is 13.3. The van der Waals surface area contributed by atoms with Crippen LogP contribution in [0.4, 0.5) is 0 Å². The van der Waals surface area contributed by atoms with Gasteiger partial charge >= 0.3 is 0 Å². The molecule has 3 unspecified atom stereocenters. The molecule has 104 valence electrons. The zero-order valence-corrected chi connectivity index (χ0v) is 13.3. The molecule has 0 amide bonds. The minimum atomic E-state index is 0.487. The molecule has 0 nitrogen and oxygen atoms in total. The number of hydrogen-bond acceptors (Lipinski definition) is 0. The van der Waals surface area contributed by atoms with Crippen LogP contribution in [0.15, 0.2) is 0 Å². The third-order valence-corrected chi connectivity index (χ3v) is 6.74. The first-order valence-electron chi connectivity index (χ1n) is 8.13. The van der Waals surface area contributed by atoms with E-state index in [4.69, 9.17) is 0 Å². The molecular formula is C18H32. The number of rotatable bonds is 0. The highest BCUT2D eigenvalue weighted by molar-refractivity contribution is 5.12. The quantitative estimate of drug-likeness (QED) is 0.529. The van der Waals surface area contributed by atoms with Gasteiger partial charge in [0.15, 0.2) is 0 Å². The van der Waals surface area contributed by atoms with Gasteiger partial charge in [0.25, 0.3) is 0 Å². The second-order valence-electron chi connectivity index (χ2n) is 9.86. The molecule has 0 N–H and O–H groups in total. The molecule has 4 rings (SSSR count). The summed E-state index contributed by atoms with van der Waals surface area (Å²) in [5.74, 6) is 4.13. The Labute approximate surface area is 114 Å². The Morgan fingerprint density at radius 1 is 0.778 bits per heavy atom. The van der Waals surface area contributed by atoms with Gasteiger partial charge in [0.05, 0.1) is 0 Å². The summed E-state index contributed by atoms with van der Waals surface area (Å²) in [7, 11) is 0. The van der Waals surface area contributed by atoms with Gasteiger partial charge in [-0.3, -0.25) is 0 Å². The molecule has 0 radical (unpaired) electrons. The van der Waals surface area contributed by atoms with Gasteiger partial charge in [-0.15, -0.1) is 0 Å². The van der Waals surface area contributed by atoms with E-state index in [1.54, 1.807) is 19.3 Å². The van der Waals surface area contributed by atoms with Crippen molar-refractivity contribution in [2.75, 3.05) is 0 Å². The van der Waals surface area contributed by atoms with Gasteiger partial charge in [0.2, 0.25) is 0 Å². The van der Waals surface area contributed by atoms with Gasteiger partial charge < -0.3 is 0 Å². The van der Waals surface area contributed by atoms with Crippen molar-refractivity contribution >= 4 is 0 Å². The Morgan fingerprint density at radius 3 is 1.67 bits per heavy atom. The zero-order valence-electron chi connectivity index (χ0n) is 13.3. The average Bonchev–Trinajstić information content (AvgIpc) is 2.10. The van der Waals surface area contributed by atoms with E-state index in [9.17, 15) is 0 Å². The molecule has 0 aromatic heterocycles. The standard InChI is InChI=1S/C18H32/c1-16(2,3)15-14-8-12-7-13(9-14)11-18(15,10-12)17(4,5)6/h12-15H,7-11H2,1-6H3. The minimum Gasteiger partial charge on any atom is -0.0599 e. The molecule has 4 bridgehead atoms. The summed E-state index contributed by atoms with van der Waals surface area (Å²) in [5, 5.41) is 0. The van der Waals surface area contributed by atoms with Crippen LogP contribution < -0.4 is 0 Å². The van der Waals surface area contributed by atoms with E-state index in [-0.39, 0.29) is 0 Å². The Hall–Kier alpha value is 0. The minimum absolute atomic E-state index is 0.487. The summed E-state index contributed by atoms with van der Waals surface area (Å²) in [5.41, 5.74) is 1.62. The van der Waals surface area contributed by atoms with Crippen molar-refractivity contribution in [2.24, 2.45) is 39.9 Å². The van der Waals surface area contributed by atoms with Crippen LogP contribution in [0.2, 0.25) is 0 Å². The van der Waals surface area contributed by atoms with Crippen LogP contribution in [0.25, 0.3) is 0 Å². The van der Waals surface area contributed by atoms with Gasteiger partial charge in [0, 0.05) is 0 Å². The van der Waals surface area contributed by atoms with E-state index >= 15 is 0 Å². The molecule has 4 fully saturated rings. The van der Waals surface area contributed by atoms with Crippen molar-refractivity contribution in [1.82, 2.24) is 0 Å².